The van der Waals surface area contributed by atoms with E-state index < -0.39 is 0 Å². The monoisotopic (exact) mass is 320 g/mol. The van der Waals surface area contributed by atoms with Crippen LogP contribution in [0.1, 0.15) is 46.0 Å². The maximum atomic E-state index is 12.7. The molecule has 24 heavy (non-hydrogen) atoms. The molecule has 4 nitrogen and oxygen atoms in total. The summed E-state index contributed by atoms with van der Waals surface area (Å²) in [5.74, 6) is -0.247. The summed E-state index contributed by atoms with van der Waals surface area (Å²) in [6.45, 7) is 5.30. The lowest BCUT2D eigenvalue weighted by Crippen LogP contribution is -2.14. The van der Waals surface area contributed by atoms with Crippen LogP contribution in [-0.2, 0) is 6.42 Å². The molecular weight excluding hydrogens is 300 g/mol. The van der Waals surface area contributed by atoms with Crippen molar-refractivity contribution in [1.82, 2.24) is 4.98 Å². The fourth-order valence-electron chi connectivity index (χ4n) is 3.16. The van der Waals surface area contributed by atoms with E-state index in [2.05, 4.69) is 10.3 Å². The number of nitrogens with one attached hydrogen (secondary N) is 2. The van der Waals surface area contributed by atoms with Crippen molar-refractivity contribution in [3.63, 3.8) is 0 Å². The average Bonchev–Trinajstić information content (AvgIpc) is 2.91. The van der Waals surface area contributed by atoms with Crippen LogP contribution in [0.4, 0.5) is 5.69 Å². The Hall–Kier alpha value is -2.88. The highest BCUT2D eigenvalue weighted by molar-refractivity contribution is 6.08. The minimum Gasteiger partial charge on any atom is -0.354 e. The first-order valence-corrected chi connectivity index (χ1v) is 8.03. The van der Waals surface area contributed by atoms with Crippen LogP contribution < -0.4 is 5.32 Å². The van der Waals surface area contributed by atoms with Gasteiger partial charge in [0, 0.05) is 16.9 Å². The zero-order chi connectivity index (χ0) is 17.3. The number of rotatable bonds is 4. The number of benzene rings is 2. The van der Waals surface area contributed by atoms with Gasteiger partial charge in [0.25, 0.3) is 5.91 Å². The molecule has 0 aliphatic carbocycles. The van der Waals surface area contributed by atoms with Gasteiger partial charge in [-0.25, -0.2) is 0 Å². The molecule has 2 aromatic carbocycles. The number of carbonyl (C=O) groups is 2. The smallest absolute Gasteiger partial charge is 0.272 e. The summed E-state index contributed by atoms with van der Waals surface area (Å²) in [6.07, 6.45) is 0.625. The lowest BCUT2D eigenvalue weighted by molar-refractivity contribution is 0.101. The first-order valence-electron chi connectivity index (χ1n) is 8.03. The largest absolute Gasteiger partial charge is 0.354 e. The molecule has 0 fully saturated rings. The van der Waals surface area contributed by atoms with E-state index in [4.69, 9.17) is 0 Å². The maximum Gasteiger partial charge on any atom is 0.272 e. The summed E-state index contributed by atoms with van der Waals surface area (Å²) >= 11 is 0. The second-order valence-electron chi connectivity index (χ2n) is 5.90. The fraction of sp³-hybridized carbons (Fsp3) is 0.200. The van der Waals surface area contributed by atoms with Gasteiger partial charge in [-0.3, -0.25) is 9.59 Å². The lowest BCUT2D eigenvalue weighted by Gasteiger charge is -2.07. The number of Topliss-reactive ketones (excluding diaryl/α,β-unsaturated/α-hetero) is 1. The van der Waals surface area contributed by atoms with Crippen LogP contribution in [0, 0.1) is 6.92 Å². The summed E-state index contributed by atoms with van der Waals surface area (Å²) in [7, 11) is 0. The summed E-state index contributed by atoms with van der Waals surface area (Å²) < 4.78 is 0. The summed E-state index contributed by atoms with van der Waals surface area (Å²) in [5.41, 5.74) is 3.34. The maximum absolute atomic E-state index is 12.7. The second kappa shape index (κ2) is 6.32. The van der Waals surface area contributed by atoms with Gasteiger partial charge in [0.2, 0.25) is 0 Å². The molecule has 1 aromatic heterocycles. The molecule has 0 bridgehead atoms. The van der Waals surface area contributed by atoms with E-state index in [1.807, 2.05) is 56.3 Å². The van der Waals surface area contributed by atoms with Gasteiger partial charge in [-0.05, 0) is 48.7 Å². The molecule has 0 radical (unpaired) electrons. The van der Waals surface area contributed by atoms with Gasteiger partial charge in [-0.15, -0.1) is 0 Å². The highest BCUT2D eigenvalue weighted by Crippen LogP contribution is 2.23. The van der Waals surface area contributed by atoms with E-state index in [1.165, 1.54) is 6.92 Å². The Bertz CT molecular complexity index is 938. The van der Waals surface area contributed by atoms with Gasteiger partial charge in [0.05, 0.1) is 0 Å². The molecule has 1 amide bonds. The molecule has 3 rings (SSSR count). The van der Waals surface area contributed by atoms with Gasteiger partial charge in [0.1, 0.15) is 5.69 Å². The third kappa shape index (κ3) is 2.83. The highest BCUT2D eigenvalue weighted by Gasteiger charge is 2.21. The summed E-state index contributed by atoms with van der Waals surface area (Å²) in [6, 6.07) is 13.8. The van der Waals surface area contributed by atoms with Crippen molar-refractivity contribution in [2.45, 2.75) is 27.2 Å². The molecule has 0 spiro atoms. The van der Waals surface area contributed by atoms with Gasteiger partial charge in [-0.2, -0.15) is 0 Å². The van der Waals surface area contributed by atoms with Gasteiger partial charge >= 0.3 is 0 Å². The fourth-order valence-corrected chi connectivity index (χ4v) is 3.16. The number of amides is 1. The van der Waals surface area contributed by atoms with Crippen LogP contribution in [0.3, 0.4) is 0 Å². The number of aromatic amines is 1. The Morgan fingerprint density at radius 3 is 2.46 bits per heavy atom. The molecule has 122 valence electrons. The first-order chi connectivity index (χ1) is 11.5. The number of aromatic nitrogens is 1. The average molecular weight is 320 g/mol. The molecule has 0 saturated heterocycles. The van der Waals surface area contributed by atoms with E-state index in [1.54, 1.807) is 0 Å². The van der Waals surface area contributed by atoms with Crippen LogP contribution in [0.5, 0.6) is 0 Å². The Labute approximate surface area is 140 Å². The Kier molecular flexibility index (Phi) is 4.21. The number of fused-ring (bicyclic) bond motifs is 1. The van der Waals surface area contributed by atoms with E-state index in [9.17, 15) is 9.59 Å². The van der Waals surface area contributed by atoms with Crippen molar-refractivity contribution in [2.75, 3.05) is 5.32 Å². The van der Waals surface area contributed by atoms with Crippen LogP contribution in [0.25, 0.3) is 10.8 Å². The predicted octanol–water partition coefficient (Wildman–Crippen LogP) is 4.49. The number of ketones is 1. The third-order valence-corrected chi connectivity index (χ3v) is 4.23. The summed E-state index contributed by atoms with van der Waals surface area (Å²) in [4.78, 5) is 27.6. The number of H-pyrrole nitrogens is 1. The van der Waals surface area contributed by atoms with Crippen LogP contribution in [0.2, 0.25) is 0 Å². The Morgan fingerprint density at radius 2 is 1.79 bits per heavy atom. The molecule has 3 aromatic rings. The van der Waals surface area contributed by atoms with Crippen molar-refractivity contribution in [3.05, 3.63) is 65.0 Å². The normalized spacial score (nSPS) is 10.8. The molecule has 0 aliphatic heterocycles. The molecule has 0 unspecified atom stereocenters. The number of hydrogen-bond acceptors (Lipinski definition) is 2. The zero-order valence-electron chi connectivity index (χ0n) is 14.1. The SMILES string of the molecule is CCc1c(C(=O)Nc2ccc3ccccc3c2)[nH]c(C)c1C(C)=O. The molecule has 4 heteroatoms. The standard InChI is InChI=1S/C20H20N2O2/c1-4-17-18(13(3)23)12(2)21-19(17)20(24)22-16-10-9-14-7-5-6-8-15(14)11-16/h5-11,21H,4H2,1-3H3,(H,22,24). The van der Waals surface area contributed by atoms with E-state index in [0.717, 1.165) is 27.7 Å². The second-order valence-corrected chi connectivity index (χ2v) is 5.90. The molecule has 0 atom stereocenters. The quantitative estimate of drug-likeness (QED) is 0.696. The van der Waals surface area contributed by atoms with Crippen molar-refractivity contribution >= 4 is 28.2 Å². The number of aryl methyl sites for hydroxylation is 1. The van der Waals surface area contributed by atoms with Crippen molar-refractivity contribution < 1.29 is 9.59 Å². The number of hydrogen-bond donors (Lipinski definition) is 2. The van der Waals surface area contributed by atoms with E-state index >= 15 is 0 Å². The van der Waals surface area contributed by atoms with Crippen molar-refractivity contribution in [3.8, 4) is 0 Å². The predicted molar refractivity (Wildman–Crippen MR) is 96.8 cm³/mol. The Morgan fingerprint density at radius 1 is 1.08 bits per heavy atom. The van der Waals surface area contributed by atoms with E-state index in [-0.39, 0.29) is 11.7 Å². The third-order valence-electron chi connectivity index (χ3n) is 4.23. The van der Waals surface area contributed by atoms with Gasteiger partial charge in [-0.1, -0.05) is 37.3 Å². The molecule has 2 N–H and O–H groups in total. The van der Waals surface area contributed by atoms with Crippen LogP contribution in [-0.4, -0.2) is 16.7 Å². The van der Waals surface area contributed by atoms with Crippen LogP contribution in [0.15, 0.2) is 42.5 Å². The Balaban J connectivity index is 1.94. The van der Waals surface area contributed by atoms with Crippen LogP contribution >= 0.6 is 0 Å². The number of anilines is 1. The van der Waals surface area contributed by atoms with Crippen molar-refractivity contribution in [1.29, 1.82) is 0 Å². The lowest BCUT2D eigenvalue weighted by atomic mass is 10.0. The molecule has 0 aliphatic rings. The molecule has 1 heterocycles. The zero-order valence-corrected chi connectivity index (χ0v) is 14.1. The minimum atomic E-state index is -0.224. The summed E-state index contributed by atoms with van der Waals surface area (Å²) in [5, 5.41) is 5.12. The molecule has 0 saturated carbocycles. The highest BCUT2D eigenvalue weighted by atomic mass is 16.2. The topological polar surface area (TPSA) is 62.0 Å². The first kappa shape index (κ1) is 16.0. The van der Waals surface area contributed by atoms with E-state index in [0.29, 0.717) is 17.7 Å². The molecular formula is C20H20N2O2. The van der Waals surface area contributed by atoms with Gasteiger partial charge < -0.3 is 10.3 Å². The minimum absolute atomic E-state index is 0.0228. The van der Waals surface area contributed by atoms with Gasteiger partial charge in [0.15, 0.2) is 5.78 Å². The number of carbonyl (C=O) groups excluding carboxylic acids is 2. The van der Waals surface area contributed by atoms with Crippen molar-refractivity contribution in [2.24, 2.45) is 0 Å².